The standard InChI is InChI=1S/C18H28FN3O/c1-3-20-18(21-14-16-5-4-6-17(19)13-16)22(2)10-7-15-8-11-23-12-9-15/h4-6,13,15H,3,7-12,14H2,1-2H3,(H,20,21). The fourth-order valence-corrected chi connectivity index (χ4v) is 2.79. The van der Waals surface area contributed by atoms with Gasteiger partial charge in [-0.1, -0.05) is 12.1 Å². The van der Waals surface area contributed by atoms with Gasteiger partial charge in [-0.15, -0.1) is 0 Å². The summed E-state index contributed by atoms with van der Waals surface area (Å²) in [6.45, 7) is 6.12. The van der Waals surface area contributed by atoms with Gasteiger partial charge in [0, 0.05) is 33.4 Å². The van der Waals surface area contributed by atoms with Crippen LogP contribution >= 0.6 is 0 Å². The minimum Gasteiger partial charge on any atom is -0.381 e. The van der Waals surface area contributed by atoms with E-state index in [-0.39, 0.29) is 5.82 Å². The molecule has 0 unspecified atom stereocenters. The zero-order chi connectivity index (χ0) is 16.5. The van der Waals surface area contributed by atoms with Gasteiger partial charge in [-0.25, -0.2) is 9.38 Å². The smallest absolute Gasteiger partial charge is 0.193 e. The summed E-state index contributed by atoms with van der Waals surface area (Å²) in [5, 5.41) is 3.31. The summed E-state index contributed by atoms with van der Waals surface area (Å²) in [7, 11) is 2.06. The van der Waals surface area contributed by atoms with Crippen molar-refractivity contribution in [2.24, 2.45) is 10.9 Å². The molecular formula is C18H28FN3O. The van der Waals surface area contributed by atoms with Crippen molar-refractivity contribution >= 4 is 5.96 Å². The molecule has 4 nitrogen and oxygen atoms in total. The lowest BCUT2D eigenvalue weighted by molar-refractivity contribution is 0.0625. The number of nitrogens with one attached hydrogen (secondary N) is 1. The van der Waals surface area contributed by atoms with E-state index in [4.69, 9.17) is 4.74 Å². The maximum Gasteiger partial charge on any atom is 0.193 e. The Morgan fingerprint density at radius 3 is 2.87 bits per heavy atom. The van der Waals surface area contributed by atoms with E-state index >= 15 is 0 Å². The van der Waals surface area contributed by atoms with Crippen molar-refractivity contribution in [3.05, 3.63) is 35.6 Å². The Labute approximate surface area is 138 Å². The lowest BCUT2D eigenvalue weighted by atomic mass is 9.96. The van der Waals surface area contributed by atoms with Crippen LogP contribution in [0.2, 0.25) is 0 Å². The normalized spacial score (nSPS) is 16.4. The quantitative estimate of drug-likeness (QED) is 0.646. The van der Waals surface area contributed by atoms with Crippen molar-refractivity contribution in [1.29, 1.82) is 0 Å². The molecule has 1 N–H and O–H groups in total. The average Bonchev–Trinajstić information content (AvgIpc) is 2.57. The fourth-order valence-electron chi connectivity index (χ4n) is 2.79. The molecule has 1 aliphatic rings. The highest BCUT2D eigenvalue weighted by atomic mass is 19.1. The third-order valence-corrected chi connectivity index (χ3v) is 4.21. The molecule has 0 amide bonds. The third-order valence-electron chi connectivity index (χ3n) is 4.21. The number of aliphatic imine (C=N–C) groups is 1. The van der Waals surface area contributed by atoms with E-state index < -0.39 is 0 Å². The number of rotatable bonds is 6. The maximum atomic E-state index is 13.2. The first-order valence-electron chi connectivity index (χ1n) is 8.50. The van der Waals surface area contributed by atoms with E-state index in [2.05, 4.69) is 29.2 Å². The Morgan fingerprint density at radius 2 is 2.17 bits per heavy atom. The van der Waals surface area contributed by atoms with Crippen molar-refractivity contribution in [3.63, 3.8) is 0 Å². The van der Waals surface area contributed by atoms with Crippen LogP contribution in [0.25, 0.3) is 0 Å². The van der Waals surface area contributed by atoms with E-state index in [1.165, 1.54) is 12.1 Å². The molecule has 0 aliphatic carbocycles. The van der Waals surface area contributed by atoms with Gasteiger partial charge in [-0.3, -0.25) is 0 Å². The fraction of sp³-hybridized carbons (Fsp3) is 0.611. The van der Waals surface area contributed by atoms with Gasteiger partial charge in [0.2, 0.25) is 0 Å². The largest absolute Gasteiger partial charge is 0.381 e. The van der Waals surface area contributed by atoms with Crippen LogP contribution in [0.5, 0.6) is 0 Å². The van der Waals surface area contributed by atoms with Crippen LogP contribution in [0, 0.1) is 11.7 Å². The molecule has 1 aromatic carbocycles. The van der Waals surface area contributed by atoms with Crippen molar-refractivity contribution in [3.8, 4) is 0 Å². The molecular weight excluding hydrogens is 293 g/mol. The second-order valence-corrected chi connectivity index (χ2v) is 6.07. The average molecular weight is 321 g/mol. The van der Waals surface area contributed by atoms with Crippen molar-refractivity contribution in [1.82, 2.24) is 10.2 Å². The lowest BCUT2D eigenvalue weighted by Crippen LogP contribution is -2.40. The number of nitrogens with zero attached hydrogens (tertiary/aromatic N) is 2. The third kappa shape index (κ3) is 6.18. The minimum absolute atomic E-state index is 0.212. The SMILES string of the molecule is CCNC(=NCc1cccc(F)c1)N(C)CCC1CCOCC1. The highest BCUT2D eigenvalue weighted by molar-refractivity contribution is 5.79. The Hall–Kier alpha value is -1.62. The molecule has 0 saturated carbocycles. The van der Waals surface area contributed by atoms with E-state index in [0.717, 1.165) is 63.0 Å². The van der Waals surface area contributed by atoms with Crippen LogP contribution < -0.4 is 5.32 Å². The number of halogens is 1. The Kier molecular flexibility index (Phi) is 7.33. The molecule has 1 heterocycles. The van der Waals surface area contributed by atoms with Crippen molar-refractivity contribution in [2.75, 3.05) is 33.4 Å². The summed E-state index contributed by atoms with van der Waals surface area (Å²) >= 11 is 0. The minimum atomic E-state index is -0.212. The summed E-state index contributed by atoms with van der Waals surface area (Å²) in [4.78, 5) is 6.79. The summed E-state index contributed by atoms with van der Waals surface area (Å²) in [6.07, 6.45) is 3.47. The molecule has 0 atom stereocenters. The van der Waals surface area contributed by atoms with Crippen LogP contribution in [0.1, 0.15) is 31.7 Å². The van der Waals surface area contributed by atoms with E-state index in [1.54, 1.807) is 6.07 Å². The second-order valence-electron chi connectivity index (χ2n) is 6.07. The topological polar surface area (TPSA) is 36.9 Å². The molecule has 1 fully saturated rings. The number of benzene rings is 1. The van der Waals surface area contributed by atoms with Gasteiger partial charge in [0.25, 0.3) is 0 Å². The van der Waals surface area contributed by atoms with E-state index in [9.17, 15) is 4.39 Å². The van der Waals surface area contributed by atoms with E-state index in [1.807, 2.05) is 6.07 Å². The first-order chi connectivity index (χ1) is 11.2. The second kappa shape index (κ2) is 9.50. The summed E-state index contributed by atoms with van der Waals surface area (Å²) < 4.78 is 18.6. The number of hydrogen-bond acceptors (Lipinski definition) is 2. The summed E-state index contributed by atoms with van der Waals surface area (Å²) in [5.41, 5.74) is 0.887. The van der Waals surface area contributed by atoms with Gasteiger partial charge in [-0.05, 0) is 49.8 Å². The highest BCUT2D eigenvalue weighted by Gasteiger charge is 2.15. The Balaban J connectivity index is 1.88. The molecule has 1 aliphatic heterocycles. The van der Waals surface area contributed by atoms with Crippen LogP contribution in [-0.2, 0) is 11.3 Å². The number of ether oxygens (including phenoxy) is 1. The molecule has 5 heteroatoms. The maximum absolute atomic E-state index is 13.2. The monoisotopic (exact) mass is 321 g/mol. The molecule has 0 aromatic heterocycles. The van der Waals surface area contributed by atoms with Crippen LogP contribution in [-0.4, -0.2) is 44.2 Å². The molecule has 0 spiro atoms. The van der Waals surface area contributed by atoms with Gasteiger partial charge < -0.3 is 15.0 Å². The predicted octanol–water partition coefficient (Wildman–Crippen LogP) is 3.04. The lowest BCUT2D eigenvalue weighted by Gasteiger charge is -2.26. The number of guanidine groups is 1. The zero-order valence-corrected chi connectivity index (χ0v) is 14.2. The molecule has 2 rings (SSSR count). The summed E-state index contributed by atoms with van der Waals surface area (Å²) in [6, 6.07) is 6.62. The predicted molar refractivity (Wildman–Crippen MR) is 92.0 cm³/mol. The Morgan fingerprint density at radius 1 is 1.39 bits per heavy atom. The van der Waals surface area contributed by atoms with Gasteiger partial charge >= 0.3 is 0 Å². The number of hydrogen-bond donors (Lipinski definition) is 1. The van der Waals surface area contributed by atoms with E-state index in [0.29, 0.717) is 6.54 Å². The molecule has 0 bridgehead atoms. The van der Waals surface area contributed by atoms with Gasteiger partial charge in [0.05, 0.1) is 6.54 Å². The van der Waals surface area contributed by atoms with Gasteiger partial charge in [0.1, 0.15) is 5.82 Å². The zero-order valence-electron chi connectivity index (χ0n) is 14.2. The molecule has 128 valence electrons. The first-order valence-corrected chi connectivity index (χ1v) is 8.50. The van der Waals surface area contributed by atoms with Gasteiger partial charge in [0.15, 0.2) is 5.96 Å². The first kappa shape index (κ1) is 17.7. The molecule has 1 saturated heterocycles. The van der Waals surface area contributed by atoms with Crippen LogP contribution in [0.3, 0.4) is 0 Å². The van der Waals surface area contributed by atoms with Gasteiger partial charge in [-0.2, -0.15) is 0 Å². The Bertz CT molecular complexity index is 501. The highest BCUT2D eigenvalue weighted by Crippen LogP contribution is 2.18. The van der Waals surface area contributed by atoms with Crippen molar-refractivity contribution in [2.45, 2.75) is 32.7 Å². The van der Waals surface area contributed by atoms with Crippen molar-refractivity contribution < 1.29 is 9.13 Å². The summed E-state index contributed by atoms with van der Waals surface area (Å²) in [5.74, 6) is 1.41. The van der Waals surface area contributed by atoms with Crippen LogP contribution in [0.15, 0.2) is 29.3 Å². The molecule has 1 aromatic rings. The van der Waals surface area contributed by atoms with Crippen LogP contribution in [0.4, 0.5) is 4.39 Å². The molecule has 23 heavy (non-hydrogen) atoms. The molecule has 0 radical (unpaired) electrons.